The van der Waals surface area contributed by atoms with E-state index in [2.05, 4.69) is 5.32 Å². The van der Waals surface area contributed by atoms with Crippen molar-refractivity contribution < 1.29 is 18.8 Å². The van der Waals surface area contributed by atoms with Gasteiger partial charge < -0.3 is 5.32 Å². The molecule has 1 aliphatic heterocycles. The molecule has 1 heterocycles. The van der Waals surface area contributed by atoms with Gasteiger partial charge in [0.15, 0.2) is 0 Å². The number of carbonyl (C=O) groups excluding carboxylic acids is 3. The van der Waals surface area contributed by atoms with Crippen LogP contribution in [0.1, 0.15) is 18.1 Å². The second-order valence-corrected chi connectivity index (χ2v) is 7.21. The van der Waals surface area contributed by atoms with Crippen molar-refractivity contribution in [3.63, 3.8) is 0 Å². The van der Waals surface area contributed by atoms with Crippen molar-refractivity contribution >= 4 is 52.2 Å². The lowest BCUT2D eigenvalue weighted by atomic mass is 10.1. The van der Waals surface area contributed by atoms with E-state index in [0.29, 0.717) is 11.3 Å². The van der Waals surface area contributed by atoms with E-state index < -0.39 is 17.0 Å². The van der Waals surface area contributed by atoms with Gasteiger partial charge in [0.2, 0.25) is 5.91 Å². The van der Waals surface area contributed by atoms with Crippen LogP contribution in [0, 0.1) is 5.82 Å². The molecule has 1 saturated heterocycles. The standard InChI is InChI=1S/C19H14ClFN2O3S/c1-11(24)22-15-6-2-12(3-7-15)8-17-18(25)23(19(26)27-17)10-13-4-5-14(21)9-16(13)20/h2-9H,10H2,1H3,(H,22,24)/b17-8-. The molecule has 0 spiro atoms. The van der Waals surface area contributed by atoms with Gasteiger partial charge in [-0.2, -0.15) is 0 Å². The molecule has 5 nitrogen and oxygen atoms in total. The van der Waals surface area contributed by atoms with Crippen LogP contribution in [0.2, 0.25) is 5.02 Å². The number of amides is 3. The Morgan fingerprint density at radius 2 is 1.93 bits per heavy atom. The van der Waals surface area contributed by atoms with E-state index in [-0.39, 0.29) is 22.4 Å². The van der Waals surface area contributed by atoms with E-state index in [0.717, 1.165) is 28.3 Å². The summed E-state index contributed by atoms with van der Waals surface area (Å²) in [5.74, 6) is -1.10. The van der Waals surface area contributed by atoms with Gasteiger partial charge in [-0.25, -0.2) is 4.39 Å². The van der Waals surface area contributed by atoms with Crippen molar-refractivity contribution in [3.8, 4) is 0 Å². The fourth-order valence-electron chi connectivity index (χ4n) is 2.47. The van der Waals surface area contributed by atoms with E-state index in [1.807, 2.05) is 0 Å². The Morgan fingerprint density at radius 1 is 1.22 bits per heavy atom. The van der Waals surface area contributed by atoms with Gasteiger partial charge in [0.1, 0.15) is 5.82 Å². The monoisotopic (exact) mass is 404 g/mol. The first-order valence-corrected chi connectivity index (χ1v) is 9.10. The zero-order valence-electron chi connectivity index (χ0n) is 14.2. The number of halogens is 2. The highest BCUT2D eigenvalue weighted by atomic mass is 35.5. The summed E-state index contributed by atoms with van der Waals surface area (Å²) in [5.41, 5.74) is 1.84. The van der Waals surface area contributed by atoms with Crippen LogP contribution in [0.15, 0.2) is 47.4 Å². The maximum Gasteiger partial charge on any atom is 0.293 e. The number of nitrogens with one attached hydrogen (secondary N) is 1. The number of carbonyl (C=O) groups is 3. The summed E-state index contributed by atoms with van der Waals surface area (Å²) in [6, 6.07) is 10.7. The molecule has 0 unspecified atom stereocenters. The van der Waals surface area contributed by atoms with Gasteiger partial charge in [-0.15, -0.1) is 0 Å². The SMILES string of the molecule is CC(=O)Nc1ccc(/C=C2\SC(=O)N(Cc3ccc(F)cc3Cl)C2=O)cc1. The van der Waals surface area contributed by atoms with Crippen LogP contribution in [0.3, 0.4) is 0 Å². The molecule has 138 valence electrons. The Kier molecular flexibility index (Phi) is 5.62. The Morgan fingerprint density at radius 3 is 2.56 bits per heavy atom. The number of rotatable bonds is 4. The molecular weight excluding hydrogens is 391 g/mol. The average Bonchev–Trinajstić information content (AvgIpc) is 2.86. The molecule has 0 radical (unpaired) electrons. The molecule has 8 heteroatoms. The molecule has 1 N–H and O–H groups in total. The molecule has 2 aromatic rings. The molecule has 0 aliphatic carbocycles. The topological polar surface area (TPSA) is 66.5 Å². The Labute approximate surface area is 164 Å². The number of hydrogen-bond acceptors (Lipinski definition) is 4. The molecule has 27 heavy (non-hydrogen) atoms. The van der Waals surface area contributed by atoms with E-state index in [1.165, 1.54) is 19.1 Å². The second kappa shape index (κ2) is 7.94. The summed E-state index contributed by atoms with van der Waals surface area (Å²) in [6.07, 6.45) is 1.61. The van der Waals surface area contributed by atoms with Crippen LogP contribution in [0.4, 0.5) is 14.9 Å². The van der Waals surface area contributed by atoms with Gasteiger partial charge in [0.05, 0.1) is 11.4 Å². The number of nitrogens with zero attached hydrogens (tertiary/aromatic N) is 1. The minimum Gasteiger partial charge on any atom is -0.326 e. The molecule has 1 fully saturated rings. The van der Waals surface area contributed by atoms with E-state index >= 15 is 0 Å². The fraction of sp³-hybridized carbons (Fsp3) is 0.105. The van der Waals surface area contributed by atoms with E-state index in [1.54, 1.807) is 30.3 Å². The van der Waals surface area contributed by atoms with E-state index in [9.17, 15) is 18.8 Å². The van der Waals surface area contributed by atoms with Crippen molar-refractivity contribution in [2.24, 2.45) is 0 Å². The number of imide groups is 1. The molecular formula is C19H14ClFN2O3S. The smallest absolute Gasteiger partial charge is 0.293 e. The lowest BCUT2D eigenvalue weighted by molar-refractivity contribution is -0.123. The lowest BCUT2D eigenvalue weighted by Gasteiger charge is -2.13. The third-order valence-electron chi connectivity index (χ3n) is 3.75. The number of anilines is 1. The van der Waals surface area contributed by atoms with Crippen LogP contribution >= 0.6 is 23.4 Å². The van der Waals surface area contributed by atoms with Crippen LogP contribution in [0.5, 0.6) is 0 Å². The average molecular weight is 405 g/mol. The maximum absolute atomic E-state index is 13.1. The van der Waals surface area contributed by atoms with E-state index in [4.69, 9.17) is 11.6 Å². The normalized spacial score (nSPS) is 15.5. The van der Waals surface area contributed by atoms with Gasteiger partial charge in [0.25, 0.3) is 11.1 Å². The van der Waals surface area contributed by atoms with Crippen molar-refractivity contribution in [2.45, 2.75) is 13.5 Å². The van der Waals surface area contributed by atoms with Crippen molar-refractivity contribution in [2.75, 3.05) is 5.32 Å². The van der Waals surface area contributed by atoms with Gasteiger partial charge in [-0.05, 0) is 53.2 Å². The zero-order valence-corrected chi connectivity index (χ0v) is 15.7. The molecule has 1 aliphatic rings. The minimum atomic E-state index is -0.486. The highest BCUT2D eigenvalue weighted by Crippen LogP contribution is 2.34. The minimum absolute atomic E-state index is 0.0252. The molecule has 0 saturated carbocycles. The largest absolute Gasteiger partial charge is 0.326 e. The highest BCUT2D eigenvalue weighted by Gasteiger charge is 2.35. The molecule has 0 atom stereocenters. The van der Waals surface area contributed by atoms with Crippen molar-refractivity contribution in [1.29, 1.82) is 0 Å². The summed E-state index contributed by atoms with van der Waals surface area (Å²) >= 11 is 6.81. The summed E-state index contributed by atoms with van der Waals surface area (Å²) in [6.45, 7) is 1.39. The quantitative estimate of drug-likeness (QED) is 0.752. The number of hydrogen-bond donors (Lipinski definition) is 1. The first kappa shape index (κ1) is 19.1. The molecule has 2 aromatic carbocycles. The maximum atomic E-state index is 13.1. The summed E-state index contributed by atoms with van der Waals surface area (Å²) < 4.78 is 13.1. The Balaban J connectivity index is 1.77. The Hall–Kier alpha value is -2.64. The van der Waals surface area contributed by atoms with Gasteiger partial charge in [-0.3, -0.25) is 19.3 Å². The first-order chi connectivity index (χ1) is 12.8. The van der Waals surface area contributed by atoms with Crippen LogP contribution < -0.4 is 5.32 Å². The first-order valence-electron chi connectivity index (χ1n) is 7.90. The Bertz CT molecular complexity index is 960. The van der Waals surface area contributed by atoms with Crippen molar-refractivity contribution in [3.05, 3.63) is 69.3 Å². The molecule has 3 rings (SSSR count). The highest BCUT2D eigenvalue weighted by molar-refractivity contribution is 8.18. The summed E-state index contributed by atoms with van der Waals surface area (Å²) in [5, 5.41) is 2.40. The second-order valence-electron chi connectivity index (χ2n) is 5.81. The lowest BCUT2D eigenvalue weighted by Crippen LogP contribution is -2.27. The number of benzene rings is 2. The third kappa shape index (κ3) is 4.56. The molecule has 3 amide bonds. The van der Waals surface area contributed by atoms with Crippen molar-refractivity contribution in [1.82, 2.24) is 4.90 Å². The zero-order chi connectivity index (χ0) is 19.6. The van der Waals surface area contributed by atoms with Crippen LogP contribution in [-0.4, -0.2) is 22.0 Å². The fourth-order valence-corrected chi connectivity index (χ4v) is 3.54. The van der Waals surface area contributed by atoms with Crippen LogP contribution in [0.25, 0.3) is 6.08 Å². The van der Waals surface area contributed by atoms with Gasteiger partial charge >= 0.3 is 0 Å². The predicted octanol–water partition coefficient (Wildman–Crippen LogP) is 4.67. The number of thioether (sulfide) groups is 1. The molecule has 0 bridgehead atoms. The third-order valence-corrected chi connectivity index (χ3v) is 5.01. The van der Waals surface area contributed by atoms with Gasteiger partial charge in [-0.1, -0.05) is 29.8 Å². The van der Waals surface area contributed by atoms with Crippen LogP contribution in [-0.2, 0) is 16.1 Å². The summed E-state index contributed by atoms with van der Waals surface area (Å²) in [4.78, 5) is 37.2. The predicted molar refractivity (Wildman–Crippen MR) is 104 cm³/mol. The molecule has 0 aromatic heterocycles. The van der Waals surface area contributed by atoms with Gasteiger partial charge in [0, 0.05) is 17.6 Å². The summed E-state index contributed by atoms with van der Waals surface area (Å²) in [7, 11) is 0.